The Labute approximate surface area is 124 Å². The second kappa shape index (κ2) is 5.83. The van der Waals surface area contributed by atoms with Gasteiger partial charge in [0.05, 0.1) is 5.52 Å². The molecule has 3 aromatic rings. The molecule has 3 nitrogen and oxygen atoms in total. The van der Waals surface area contributed by atoms with E-state index in [1.54, 1.807) is 17.2 Å². The molecule has 0 saturated carbocycles. The molecule has 0 aliphatic heterocycles. The van der Waals surface area contributed by atoms with Gasteiger partial charge in [-0.1, -0.05) is 24.3 Å². The number of anilines is 2. The van der Waals surface area contributed by atoms with E-state index in [-0.39, 0.29) is 0 Å². The van der Waals surface area contributed by atoms with E-state index >= 15 is 0 Å². The van der Waals surface area contributed by atoms with Crippen molar-refractivity contribution in [3.8, 4) is 0 Å². The van der Waals surface area contributed by atoms with E-state index in [1.165, 1.54) is 19.3 Å². The fourth-order valence-electron chi connectivity index (χ4n) is 2.67. The van der Waals surface area contributed by atoms with Gasteiger partial charge in [-0.25, -0.2) is 4.98 Å². The standard InChI is InChI=1S/C9H9N3.C9H10/c10-7-2-3-8-6(5-7)1-4-9(11)12-8;1-2-5-9-7-3-6-8(9)4-1/h1-5H,10H2,(H2,11,12);1-2,4-5H,3,6-7H2. The third-order valence-corrected chi connectivity index (χ3v) is 3.75. The van der Waals surface area contributed by atoms with Crippen LogP contribution in [0.4, 0.5) is 11.5 Å². The molecule has 0 bridgehead atoms. The van der Waals surface area contributed by atoms with E-state index in [2.05, 4.69) is 29.2 Å². The number of aromatic nitrogens is 1. The van der Waals surface area contributed by atoms with Crippen LogP contribution in [0.25, 0.3) is 10.9 Å². The first kappa shape index (κ1) is 13.4. The van der Waals surface area contributed by atoms with Crippen molar-refractivity contribution < 1.29 is 0 Å². The van der Waals surface area contributed by atoms with Gasteiger partial charge in [-0.05, 0) is 60.7 Å². The molecule has 0 amide bonds. The molecule has 0 saturated heterocycles. The van der Waals surface area contributed by atoms with Gasteiger partial charge in [-0.3, -0.25) is 0 Å². The van der Waals surface area contributed by atoms with Crippen LogP contribution in [0.1, 0.15) is 17.5 Å². The first-order chi connectivity index (χ1) is 10.2. The lowest BCUT2D eigenvalue weighted by atomic mass is 10.1. The van der Waals surface area contributed by atoms with Gasteiger partial charge in [0, 0.05) is 11.1 Å². The number of hydrogen-bond acceptors (Lipinski definition) is 3. The van der Waals surface area contributed by atoms with Crippen LogP contribution in [0.3, 0.4) is 0 Å². The molecule has 0 fully saturated rings. The predicted molar refractivity (Wildman–Crippen MR) is 89.0 cm³/mol. The van der Waals surface area contributed by atoms with Crippen LogP contribution in [-0.2, 0) is 12.8 Å². The summed E-state index contributed by atoms with van der Waals surface area (Å²) in [5, 5.41) is 1.02. The van der Waals surface area contributed by atoms with Gasteiger partial charge in [0.15, 0.2) is 0 Å². The summed E-state index contributed by atoms with van der Waals surface area (Å²) in [5.74, 6) is 0.535. The molecule has 3 heteroatoms. The molecule has 2 aromatic carbocycles. The van der Waals surface area contributed by atoms with Crippen molar-refractivity contribution in [1.29, 1.82) is 0 Å². The zero-order valence-corrected chi connectivity index (χ0v) is 11.9. The highest BCUT2D eigenvalue weighted by atomic mass is 14.8. The van der Waals surface area contributed by atoms with E-state index in [1.807, 2.05) is 24.3 Å². The Hall–Kier alpha value is -2.55. The normalized spacial score (nSPS) is 12.6. The Bertz CT molecular complexity index is 701. The number of hydrogen-bond donors (Lipinski definition) is 2. The summed E-state index contributed by atoms with van der Waals surface area (Å²) in [6.07, 6.45) is 3.96. The Morgan fingerprint density at radius 3 is 2.24 bits per heavy atom. The van der Waals surface area contributed by atoms with Gasteiger partial charge in [0.2, 0.25) is 0 Å². The number of benzene rings is 2. The maximum atomic E-state index is 5.60. The Morgan fingerprint density at radius 2 is 1.52 bits per heavy atom. The fraction of sp³-hybridized carbons (Fsp3) is 0.167. The molecule has 1 aromatic heterocycles. The summed E-state index contributed by atoms with van der Waals surface area (Å²) in [7, 11) is 0. The quantitative estimate of drug-likeness (QED) is 0.617. The molecular weight excluding hydrogens is 258 g/mol. The summed E-state index contributed by atoms with van der Waals surface area (Å²) in [5.41, 5.74) is 15.9. The van der Waals surface area contributed by atoms with Gasteiger partial charge < -0.3 is 11.5 Å². The zero-order valence-electron chi connectivity index (χ0n) is 11.9. The van der Waals surface area contributed by atoms with Crippen LogP contribution >= 0.6 is 0 Å². The lowest BCUT2D eigenvalue weighted by Crippen LogP contribution is -1.90. The van der Waals surface area contributed by atoms with Crippen molar-refractivity contribution in [2.45, 2.75) is 19.3 Å². The van der Waals surface area contributed by atoms with Crippen molar-refractivity contribution in [1.82, 2.24) is 4.98 Å². The van der Waals surface area contributed by atoms with Crippen LogP contribution in [0.2, 0.25) is 0 Å². The molecule has 0 atom stereocenters. The SMILES string of the molecule is Nc1ccc2nc(N)ccc2c1.c1ccc2c(c1)CCC2. The summed E-state index contributed by atoms with van der Waals surface area (Å²) in [6, 6.07) is 18.0. The monoisotopic (exact) mass is 277 g/mol. The summed E-state index contributed by atoms with van der Waals surface area (Å²) >= 11 is 0. The van der Waals surface area contributed by atoms with Gasteiger partial charge in [0.1, 0.15) is 5.82 Å². The number of rotatable bonds is 0. The number of fused-ring (bicyclic) bond motifs is 2. The molecule has 1 aliphatic carbocycles. The first-order valence-corrected chi connectivity index (χ1v) is 7.21. The lowest BCUT2D eigenvalue weighted by Gasteiger charge is -1.98. The number of nitrogen functional groups attached to an aromatic ring is 2. The van der Waals surface area contributed by atoms with Gasteiger partial charge in [0.25, 0.3) is 0 Å². The third-order valence-electron chi connectivity index (χ3n) is 3.75. The molecule has 0 radical (unpaired) electrons. The van der Waals surface area contributed by atoms with Crippen LogP contribution in [0.5, 0.6) is 0 Å². The molecule has 4 N–H and O–H groups in total. The fourth-order valence-corrected chi connectivity index (χ4v) is 2.67. The largest absolute Gasteiger partial charge is 0.399 e. The van der Waals surface area contributed by atoms with Crippen molar-refractivity contribution in [3.63, 3.8) is 0 Å². The highest BCUT2D eigenvalue weighted by Gasteiger charge is 2.07. The number of nitrogens with two attached hydrogens (primary N) is 2. The van der Waals surface area contributed by atoms with Gasteiger partial charge in [-0.2, -0.15) is 0 Å². The van der Waals surface area contributed by atoms with Crippen molar-refractivity contribution in [2.24, 2.45) is 0 Å². The highest BCUT2D eigenvalue weighted by Crippen LogP contribution is 2.20. The molecule has 4 rings (SSSR count). The smallest absolute Gasteiger partial charge is 0.124 e. The Morgan fingerprint density at radius 1 is 0.810 bits per heavy atom. The minimum Gasteiger partial charge on any atom is -0.399 e. The van der Waals surface area contributed by atoms with E-state index in [0.29, 0.717) is 5.82 Å². The summed E-state index contributed by atoms with van der Waals surface area (Å²) in [4.78, 5) is 4.14. The molecule has 1 aliphatic rings. The van der Waals surface area contributed by atoms with Crippen molar-refractivity contribution in [3.05, 3.63) is 65.7 Å². The molecular formula is C18H19N3. The minimum absolute atomic E-state index is 0.535. The van der Waals surface area contributed by atoms with Crippen LogP contribution in [0.15, 0.2) is 54.6 Å². The van der Waals surface area contributed by atoms with Gasteiger partial charge >= 0.3 is 0 Å². The molecule has 1 heterocycles. The average molecular weight is 277 g/mol. The summed E-state index contributed by atoms with van der Waals surface area (Å²) < 4.78 is 0. The van der Waals surface area contributed by atoms with Crippen molar-refractivity contribution >= 4 is 22.4 Å². The van der Waals surface area contributed by atoms with E-state index < -0.39 is 0 Å². The topological polar surface area (TPSA) is 64.9 Å². The highest BCUT2D eigenvalue weighted by molar-refractivity contribution is 5.83. The van der Waals surface area contributed by atoms with E-state index in [0.717, 1.165) is 16.6 Å². The average Bonchev–Trinajstić information content (AvgIpc) is 2.97. The maximum Gasteiger partial charge on any atom is 0.124 e. The van der Waals surface area contributed by atoms with Crippen LogP contribution < -0.4 is 11.5 Å². The summed E-state index contributed by atoms with van der Waals surface area (Å²) in [6.45, 7) is 0. The molecule has 106 valence electrons. The Balaban J connectivity index is 0.000000131. The minimum atomic E-state index is 0.535. The zero-order chi connectivity index (χ0) is 14.7. The Kier molecular flexibility index (Phi) is 3.73. The predicted octanol–water partition coefficient (Wildman–Crippen LogP) is 3.57. The second-order valence-electron chi connectivity index (χ2n) is 5.31. The van der Waals surface area contributed by atoms with Gasteiger partial charge in [-0.15, -0.1) is 0 Å². The van der Waals surface area contributed by atoms with E-state index in [4.69, 9.17) is 11.5 Å². The van der Waals surface area contributed by atoms with E-state index in [9.17, 15) is 0 Å². The molecule has 0 spiro atoms. The second-order valence-corrected chi connectivity index (χ2v) is 5.31. The number of nitrogens with zero attached hydrogens (tertiary/aromatic N) is 1. The van der Waals surface area contributed by atoms with Crippen molar-refractivity contribution in [2.75, 3.05) is 11.5 Å². The molecule has 0 unspecified atom stereocenters. The number of aryl methyl sites for hydroxylation is 2. The van der Waals surface area contributed by atoms with Crippen LogP contribution in [0, 0.1) is 0 Å². The molecule has 21 heavy (non-hydrogen) atoms. The first-order valence-electron chi connectivity index (χ1n) is 7.21. The third kappa shape index (κ3) is 3.14. The lowest BCUT2D eigenvalue weighted by molar-refractivity contribution is 0.912. The number of pyridine rings is 1. The van der Waals surface area contributed by atoms with Crippen LogP contribution in [-0.4, -0.2) is 4.98 Å². The maximum absolute atomic E-state index is 5.60.